The second kappa shape index (κ2) is 8.68. The van der Waals surface area contributed by atoms with E-state index < -0.39 is 12.0 Å². The predicted molar refractivity (Wildman–Crippen MR) is 91.1 cm³/mol. The maximum atomic E-state index is 12.2. The first kappa shape index (κ1) is 19.0. The molecule has 0 unspecified atom stereocenters. The third kappa shape index (κ3) is 4.83. The summed E-state index contributed by atoms with van der Waals surface area (Å²) in [6, 6.07) is -0.905. The van der Waals surface area contributed by atoms with Crippen molar-refractivity contribution in [2.75, 3.05) is 19.7 Å². The van der Waals surface area contributed by atoms with Crippen molar-refractivity contribution in [3.63, 3.8) is 0 Å². The number of likely N-dealkylation sites (tertiary alicyclic amines) is 1. The fourth-order valence-corrected chi connectivity index (χ4v) is 3.03. The highest BCUT2D eigenvalue weighted by Gasteiger charge is 2.26. The van der Waals surface area contributed by atoms with E-state index in [1.165, 1.54) is 0 Å². The van der Waals surface area contributed by atoms with Gasteiger partial charge in [0, 0.05) is 26.1 Å². The van der Waals surface area contributed by atoms with Gasteiger partial charge < -0.3 is 15.0 Å². The van der Waals surface area contributed by atoms with E-state index in [0.29, 0.717) is 32.2 Å². The van der Waals surface area contributed by atoms with Crippen LogP contribution in [-0.2, 0) is 22.5 Å². The van der Waals surface area contributed by atoms with Gasteiger partial charge in [0.1, 0.15) is 11.9 Å². The molecule has 140 valence electrons. The summed E-state index contributed by atoms with van der Waals surface area (Å²) in [5, 5.41) is 9.25. The van der Waals surface area contributed by atoms with E-state index >= 15 is 0 Å². The summed E-state index contributed by atoms with van der Waals surface area (Å²) < 4.78 is 6.53. The molecular formula is C16H27N5O4. The van der Waals surface area contributed by atoms with Crippen molar-refractivity contribution in [3.8, 4) is 0 Å². The minimum absolute atomic E-state index is 0.178. The van der Waals surface area contributed by atoms with Gasteiger partial charge in [-0.3, -0.25) is 4.57 Å². The topological polar surface area (TPSA) is 109 Å². The fraction of sp³-hybridized carbons (Fsp3) is 0.750. The number of nitrogens with one attached hydrogen (secondary N) is 2. The van der Waals surface area contributed by atoms with Gasteiger partial charge in [-0.25, -0.2) is 19.5 Å². The maximum absolute atomic E-state index is 12.2. The van der Waals surface area contributed by atoms with Gasteiger partial charge >= 0.3 is 17.7 Å². The molecule has 25 heavy (non-hydrogen) atoms. The van der Waals surface area contributed by atoms with Gasteiger partial charge in [0.25, 0.3) is 0 Å². The van der Waals surface area contributed by atoms with Crippen molar-refractivity contribution >= 4 is 12.0 Å². The molecule has 2 heterocycles. The Morgan fingerprint density at radius 1 is 1.36 bits per heavy atom. The molecule has 0 radical (unpaired) electrons. The van der Waals surface area contributed by atoms with Gasteiger partial charge in [-0.15, -0.1) is 0 Å². The van der Waals surface area contributed by atoms with Gasteiger partial charge in [-0.1, -0.05) is 0 Å². The van der Waals surface area contributed by atoms with E-state index in [4.69, 9.17) is 4.74 Å². The minimum Gasteiger partial charge on any atom is -0.464 e. The normalized spacial score (nSPS) is 16.5. The summed E-state index contributed by atoms with van der Waals surface area (Å²) in [5.41, 5.74) is -0.178. The second-order valence-corrected chi connectivity index (χ2v) is 6.25. The number of H-pyrrole nitrogens is 1. The molecule has 2 N–H and O–H groups in total. The molecule has 2 rings (SSSR count). The third-order valence-electron chi connectivity index (χ3n) is 4.51. The number of rotatable bonds is 6. The van der Waals surface area contributed by atoms with E-state index in [1.54, 1.807) is 23.3 Å². The van der Waals surface area contributed by atoms with Gasteiger partial charge in [-0.05, 0) is 39.5 Å². The molecule has 0 saturated carbocycles. The molecule has 0 spiro atoms. The lowest BCUT2D eigenvalue weighted by atomic mass is 9.93. The number of aromatic nitrogens is 3. The monoisotopic (exact) mass is 353 g/mol. The highest BCUT2D eigenvalue weighted by Crippen LogP contribution is 2.20. The van der Waals surface area contributed by atoms with Crippen LogP contribution in [0.5, 0.6) is 0 Å². The molecule has 0 bridgehead atoms. The number of carbonyl (C=O) groups is 2. The minimum atomic E-state index is -0.659. The lowest BCUT2D eigenvalue weighted by molar-refractivity contribution is -0.144. The summed E-state index contributed by atoms with van der Waals surface area (Å²) >= 11 is 0. The zero-order valence-corrected chi connectivity index (χ0v) is 15.1. The van der Waals surface area contributed by atoms with E-state index in [2.05, 4.69) is 15.5 Å². The van der Waals surface area contributed by atoms with Crippen molar-refractivity contribution in [1.82, 2.24) is 25.0 Å². The van der Waals surface area contributed by atoms with Crippen molar-refractivity contribution in [1.29, 1.82) is 0 Å². The van der Waals surface area contributed by atoms with Crippen molar-refractivity contribution in [2.24, 2.45) is 5.92 Å². The van der Waals surface area contributed by atoms with Crippen molar-refractivity contribution in [3.05, 3.63) is 16.3 Å². The molecule has 1 aliphatic rings. The third-order valence-corrected chi connectivity index (χ3v) is 4.51. The number of carbonyl (C=O) groups excluding carboxylic acids is 2. The van der Waals surface area contributed by atoms with E-state index in [-0.39, 0.29) is 11.7 Å². The van der Waals surface area contributed by atoms with Crippen molar-refractivity contribution < 1.29 is 14.3 Å². The first-order valence-corrected chi connectivity index (χ1v) is 8.82. The van der Waals surface area contributed by atoms with E-state index in [1.807, 2.05) is 6.92 Å². The van der Waals surface area contributed by atoms with Gasteiger partial charge in [0.15, 0.2) is 0 Å². The summed E-state index contributed by atoms with van der Waals surface area (Å²) in [7, 11) is 0. The standard InChI is InChI=1S/C16H27N5O4/c1-4-21-13(18-19-16(21)24)10-12-6-8-20(9-7-12)15(23)17-11(3)14(22)25-5-2/h11-12H,4-10H2,1-3H3,(H,17,23)(H,19,24)/t11-/m1/s1. The molecule has 2 amide bonds. The molecule has 1 aromatic heterocycles. The van der Waals surface area contributed by atoms with Crippen LogP contribution in [0, 0.1) is 5.92 Å². The zero-order chi connectivity index (χ0) is 18.4. The molecule has 1 atom stereocenters. The van der Waals surface area contributed by atoms with Crippen LogP contribution in [0.25, 0.3) is 0 Å². The van der Waals surface area contributed by atoms with Crippen LogP contribution in [-0.4, -0.2) is 57.4 Å². The first-order chi connectivity index (χ1) is 12.0. The molecule has 1 saturated heterocycles. The number of esters is 1. The molecule has 1 fully saturated rings. The molecule has 0 aromatic carbocycles. The highest BCUT2D eigenvalue weighted by atomic mass is 16.5. The predicted octanol–water partition coefficient (Wildman–Crippen LogP) is 0.507. The second-order valence-electron chi connectivity index (χ2n) is 6.25. The van der Waals surface area contributed by atoms with E-state index in [9.17, 15) is 14.4 Å². The number of aromatic amines is 1. The van der Waals surface area contributed by atoms with Crippen LogP contribution in [0.2, 0.25) is 0 Å². The molecular weight excluding hydrogens is 326 g/mol. The Kier molecular flexibility index (Phi) is 6.60. The van der Waals surface area contributed by atoms with Gasteiger partial charge in [-0.2, -0.15) is 5.10 Å². The maximum Gasteiger partial charge on any atom is 0.343 e. The van der Waals surface area contributed by atoms with Crippen LogP contribution in [0.3, 0.4) is 0 Å². The Bertz CT molecular complexity index is 645. The SMILES string of the molecule is CCOC(=O)[C@@H](C)NC(=O)N1CCC(Cc2n[nH]c(=O)n2CC)CC1. The van der Waals surface area contributed by atoms with Crippen LogP contribution < -0.4 is 11.0 Å². The van der Waals surface area contributed by atoms with E-state index in [0.717, 1.165) is 25.1 Å². The van der Waals surface area contributed by atoms with Crippen LogP contribution >= 0.6 is 0 Å². The highest BCUT2D eigenvalue weighted by molar-refractivity contribution is 5.83. The smallest absolute Gasteiger partial charge is 0.343 e. The number of ether oxygens (including phenoxy) is 1. The van der Waals surface area contributed by atoms with Crippen LogP contribution in [0.15, 0.2) is 4.79 Å². The van der Waals surface area contributed by atoms with Gasteiger partial charge in [0.05, 0.1) is 6.61 Å². The molecule has 1 aromatic rings. The Morgan fingerprint density at radius 2 is 2.04 bits per heavy atom. The fourth-order valence-electron chi connectivity index (χ4n) is 3.03. The average Bonchev–Trinajstić information content (AvgIpc) is 2.95. The lowest BCUT2D eigenvalue weighted by Gasteiger charge is -2.32. The number of amides is 2. The number of urea groups is 1. The molecule has 1 aliphatic heterocycles. The summed E-state index contributed by atoms with van der Waals surface area (Å²) in [6.45, 7) is 7.38. The number of hydrogen-bond donors (Lipinski definition) is 2. The number of nitrogens with zero attached hydrogens (tertiary/aromatic N) is 3. The summed E-state index contributed by atoms with van der Waals surface area (Å²) in [6.07, 6.45) is 2.40. The Balaban J connectivity index is 1.81. The van der Waals surface area contributed by atoms with Gasteiger partial charge in [0.2, 0.25) is 0 Å². The largest absolute Gasteiger partial charge is 0.464 e. The lowest BCUT2D eigenvalue weighted by Crippen LogP contribution is -2.49. The summed E-state index contributed by atoms with van der Waals surface area (Å²) in [5.74, 6) is 0.722. The molecule has 9 heteroatoms. The van der Waals surface area contributed by atoms with Crippen LogP contribution in [0.4, 0.5) is 4.79 Å². The van der Waals surface area contributed by atoms with Crippen molar-refractivity contribution in [2.45, 2.75) is 52.6 Å². The Labute approximate surface area is 146 Å². The Morgan fingerprint density at radius 3 is 2.64 bits per heavy atom. The Hall–Kier alpha value is -2.32. The zero-order valence-electron chi connectivity index (χ0n) is 15.1. The summed E-state index contributed by atoms with van der Waals surface area (Å²) in [4.78, 5) is 37.1. The quantitative estimate of drug-likeness (QED) is 0.724. The number of piperidine rings is 1. The first-order valence-electron chi connectivity index (χ1n) is 8.82. The number of hydrogen-bond acceptors (Lipinski definition) is 5. The molecule has 0 aliphatic carbocycles. The molecule has 9 nitrogen and oxygen atoms in total. The van der Waals surface area contributed by atoms with Crippen LogP contribution in [0.1, 0.15) is 39.4 Å². The average molecular weight is 353 g/mol.